The van der Waals surface area contributed by atoms with Gasteiger partial charge in [0.2, 0.25) is 0 Å². The molecule has 0 spiro atoms. The summed E-state index contributed by atoms with van der Waals surface area (Å²) in [5.74, 6) is 0. The fraction of sp³-hybridized carbons (Fsp3) is 1.00. The Morgan fingerprint density at radius 3 is 2.24 bits per heavy atom. The quantitative estimate of drug-likeness (QED) is 0.769. The van der Waals surface area contributed by atoms with Crippen molar-refractivity contribution < 1.29 is 0 Å². The molecule has 2 aliphatic rings. The van der Waals surface area contributed by atoms with Crippen LogP contribution in [0.15, 0.2) is 0 Å². The predicted molar refractivity (Wildman–Crippen MR) is 74.1 cm³/mol. The first kappa shape index (κ1) is 13.4. The molecule has 0 aromatic rings. The summed E-state index contributed by atoms with van der Waals surface area (Å²) in [7, 11) is 0. The standard InChI is InChI=1S/C15H30N2/c1-3-5-7-13(6-4-2)17-14-8-9-15(17)11-12(16)10-14/h12-15H,3-11,16H2,1-2H3. The molecule has 2 N–H and O–H groups in total. The highest BCUT2D eigenvalue weighted by atomic mass is 15.2. The lowest BCUT2D eigenvalue weighted by molar-refractivity contribution is 0.0666. The highest BCUT2D eigenvalue weighted by Gasteiger charge is 2.42. The van der Waals surface area contributed by atoms with Gasteiger partial charge < -0.3 is 5.73 Å². The van der Waals surface area contributed by atoms with E-state index in [1.54, 1.807) is 0 Å². The molecule has 0 aromatic carbocycles. The van der Waals surface area contributed by atoms with E-state index in [1.807, 2.05) is 0 Å². The zero-order valence-corrected chi connectivity index (χ0v) is 11.7. The largest absolute Gasteiger partial charge is 0.328 e. The van der Waals surface area contributed by atoms with Crippen molar-refractivity contribution in [2.75, 3.05) is 0 Å². The van der Waals surface area contributed by atoms with E-state index in [9.17, 15) is 0 Å². The smallest absolute Gasteiger partial charge is 0.0116 e. The molecule has 2 heterocycles. The Balaban J connectivity index is 1.98. The summed E-state index contributed by atoms with van der Waals surface area (Å²) < 4.78 is 0. The molecule has 0 aliphatic carbocycles. The van der Waals surface area contributed by atoms with Crippen LogP contribution in [0.3, 0.4) is 0 Å². The summed E-state index contributed by atoms with van der Waals surface area (Å²) in [4.78, 5) is 2.88. The van der Waals surface area contributed by atoms with Crippen molar-refractivity contribution in [3.05, 3.63) is 0 Å². The molecule has 0 amide bonds. The van der Waals surface area contributed by atoms with Crippen LogP contribution in [0.1, 0.15) is 71.6 Å². The van der Waals surface area contributed by atoms with Crippen LogP contribution in [0.4, 0.5) is 0 Å². The van der Waals surface area contributed by atoms with Gasteiger partial charge in [-0.1, -0.05) is 33.1 Å². The Labute approximate surface area is 107 Å². The first-order valence-electron chi connectivity index (χ1n) is 7.79. The van der Waals surface area contributed by atoms with E-state index < -0.39 is 0 Å². The first-order chi connectivity index (χ1) is 8.26. The monoisotopic (exact) mass is 238 g/mol. The van der Waals surface area contributed by atoms with Crippen LogP contribution in [-0.4, -0.2) is 29.1 Å². The summed E-state index contributed by atoms with van der Waals surface area (Å²) in [6.45, 7) is 4.64. The normalized spacial score (nSPS) is 35.1. The van der Waals surface area contributed by atoms with Gasteiger partial charge in [0.15, 0.2) is 0 Å². The molecule has 2 nitrogen and oxygen atoms in total. The summed E-state index contributed by atoms with van der Waals surface area (Å²) in [5, 5.41) is 0. The molecule has 2 saturated heterocycles. The third-order valence-corrected chi connectivity index (χ3v) is 4.76. The van der Waals surface area contributed by atoms with Crippen molar-refractivity contribution in [1.82, 2.24) is 4.90 Å². The Hall–Kier alpha value is -0.0800. The fourth-order valence-corrected chi connectivity index (χ4v) is 4.07. The molecule has 17 heavy (non-hydrogen) atoms. The zero-order chi connectivity index (χ0) is 12.3. The summed E-state index contributed by atoms with van der Waals surface area (Å²) in [5.41, 5.74) is 6.17. The Morgan fingerprint density at radius 1 is 1.06 bits per heavy atom. The van der Waals surface area contributed by atoms with Crippen molar-refractivity contribution in [3.63, 3.8) is 0 Å². The van der Waals surface area contributed by atoms with Crippen molar-refractivity contribution in [2.24, 2.45) is 5.73 Å². The molecule has 2 heteroatoms. The van der Waals surface area contributed by atoms with Gasteiger partial charge in [-0.2, -0.15) is 0 Å². The van der Waals surface area contributed by atoms with E-state index in [0.717, 1.165) is 18.1 Å². The first-order valence-corrected chi connectivity index (χ1v) is 7.79. The maximum absolute atomic E-state index is 6.17. The number of piperidine rings is 1. The van der Waals surface area contributed by atoms with Crippen molar-refractivity contribution in [1.29, 1.82) is 0 Å². The zero-order valence-electron chi connectivity index (χ0n) is 11.7. The molecule has 3 unspecified atom stereocenters. The average molecular weight is 238 g/mol. The van der Waals surface area contributed by atoms with Gasteiger partial charge in [0, 0.05) is 24.2 Å². The van der Waals surface area contributed by atoms with Gasteiger partial charge >= 0.3 is 0 Å². The van der Waals surface area contributed by atoms with E-state index in [-0.39, 0.29) is 0 Å². The molecule has 2 bridgehead atoms. The number of hydrogen-bond donors (Lipinski definition) is 1. The number of rotatable bonds is 6. The van der Waals surface area contributed by atoms with Gasteiger partial charge in [-0.3, -0.25) is 4.90 Å². The predicted octanol–water partition coefficient (Wildman–Crippen LogP) is 3.30. The van der Waals surface area contributed by atoms with Crippen molar-refractivity contribution in [3.8, 4) is 0 Å². The van der Waals surface area contributed by atoms with E-state index in [4.69, 9.17) is 5.73 Å². The summed E-state index contributed by atoms with van der Waals surface area (Å²) in [6, 6.07) is 2.97. The Kier molecular flexibility index (Phi) is 4.87. The molecular weight excluding hydrogens is 208 g/mol. The molecule has 2 fully saturated rings. The Bertz CT molecular complexity index is 215. The molecule has 0 radical (unpaired) electrons. The third-order valence-electron chi connectivity index (χ3n) is 4.76. The van der Waals surface area contributed by atoms with Gasteiger partial charge in [-0.25, -0.2) is 0 Å². The van der Waals surface area contributed by atoms with E-state index >= 15 is 0 Å². The molecule has 100 valence electrons. The number of nitrogens with zero attached hydrogens (tertiary/aromatic N) is 1. The molecule has 0 aromatic heterocycles. The van der Waals surface area contributed by atoms with Crippen LogP contribution in [0.25, 0.3) is 0 Å². The van der Waals surface area contributed by atoms with Crippen LogP contribution in [-0.2, 0) is 0 Å². The fourth-order valence-electron chi connectivity index (χ4n) is 4.07. The van der Waals surface area contributed by atoms with Gasteiger partial charge in [0.05, 0.1) is 0 Å². The lowest BCUT2D eigenvalue weighted by Crippen LogP contribution is -2.51. The molecule has 0 saturated carbocycles. The van der Waals surface area contributed by atoms with Gasteiger partial charge in [-0.15, -0.1) is 0 Å². The lowest BCUT2D eigenvalue weighted by Gasteiger charge is -2.43. The van der Waals surface area contributed by atoms with E-state index in [2.05, 4.69) is 18.7 Å². The maximum Gasteiger partial charge on any atom is 0.0116 e. The number of nitrogens with two attached hydrogens (primary N) is 1. The minimum Gasteiger partial charge on any atom is -0.328 e. The second kappa shape index (κ2) is 6.19. The Morgan fingerprint density at radius 2 is 1.71 bits per heavy atom. The summed E-state index contributed by atoms with van der Waals surface area (Å²) in [6.07, 6.45) is 12.2. The third kappa shape index (κ3) is 3.03. The van der Waals surface area contributed by atoms with Crippen molar-refractivity contribution in [2.45, 2.75) is 95.8 Å². The van der Waals surface area contributed by atoms with Crippen LogP contribution in [0.2, 0.25) is 0 Å². The van der Waals surface area contributed by atoms with E-state index in [0.29, 0.717) is 6.04 Å². The highest BCUT2D eigenvalue weighted by molar-refractivity contribution is 4.99. The van der Waals surface area contributed by atoms with Crippen LogP contribution >= 0.6 is 0 Å². The second-order valence-electron chi connectivity index (χ2n) is 6.15. The number of hydrogen-bond acceptors (Lipinski definition) is 2. The number of fused-ring (bicyclic) bond motifs is 2. The molecule has 2 aliphatic heterocycles. The van der Waals surface area contributed by atoms with Gasteiger partial charge in [0.25, 0.3) is 0 Å². The molecule has 2 rings (SSSR count). The van der Waals surface area contributed by atoms with Gasteiger partial charge in [-0.05, 0) is 38.5 Å². The topological polar surface area (TPSA) is 29.3 Å². The van der Waals surface area contributed by atoms with Crippen LogP contribution in [0, 0.1) is 0 Å². The minimum absolute atomic E-state index is 0.484. The van der Waals surface area contributed by atoms with E-state index in [1.165, 1.54) is 57.8 Å². The average Bonchev–Trinajstić information content (AvgIpc) is 2.57. The summed E-state index contributed by atoms with van der Waals surface area (Å²) >= 11 is 0. The minimum atomic E-state index is 0.484. The van der Waals surface area contributed by atoms with Crippen molar-refractivity contribution >= 4 is 0 Å². The second-order valence-corrected chi connectivity index (χ2v) is 6.15. The van der Waals surface area contributed by atoms with Crippen LogP contribution in [0.5, 0.6) is 0 Å². The highest BCUT2D eigenvalue weighted by Crippen LogP contribution is 2.38. The number of unbranched alkanes of at least 4 members (excludes halogenated alkanes) is 1. The van der Waals surface area contributed by atoms with Crippen LogP contribution < -0.4 is 5.73 Å². The molecular formula is C15H30N2. The lowest BCUT2D eigenvalue weighted by atomic mass is 9.93. The SMILES string of the molecule is CCCCC(CCC)N1C2CCC1CC(N)C2. The van der Waals surface area contributed by atoms with Gasteiger partial charge in [0.1, 0.15) is 0 Å². The molecule has 3 atom stereocenters. The maximum atomic E-state index is 6.17.